The van der Waals surface area contributed by atoms with Crippen LogP contribution in [0.5, 0.6) is 0 Å². The number of amides is 3. The number of aromatic nitrogens is 5. The Hall–Kier alpha value is -7.05. The van der Waals surface area contributed by atoms with Gasteiger partial charge in [-0.2, -0.15) is 5.10 Å². The van der Waals surface area contributed by atoms with E-state index in [1.807, 2.05) is 35.4 Å². The number of piperidine rings is 2. The summed E-state index contributed by atoms with van der Waals surface area (Å²) in [6.45, 7) is 8.70. The smallest absolute Gasteiger partial charge is 0.257 e. The molecule has 70 heavy (non-hydrogen) atoms. The number of nitrogens with one attached hydrogen (secondary N) is 3. The van der Waals surface area contributed by atoms with Gasteiger partial charge in [-0.3, -0.25) is 43.5 Å². The molecule has 2 fully saturated rings. The summed E-state index contributed by atoms with van der Waals surface area (Å²) in [6, 6.07) is 14.5. The van der Waals surface area contributed by atoms with E-state index in [0.29, 0.717) is 91.4 Å². The molecule has 3 N–H and O–H groups in total. The first-order valence-electron chi connectivity index (χ1n) is 24.0. The summed E-state index contributed by atoms with van der Waals surface area (Å²) in [5.41, 5.74) is 7.35. The third kappa shape index (κ3) is 9.01. The van der Waals surface area contributed by atoms with Crippen LogP contribution in [-0.4, -0.2) is 102 Å². The van der Waals surface area contributed by atoms with Crippen LogP contribution in [0.2, 0.25) is 0 Å². The Bertz CT molecular complexity index is 3130. The molecule has 10 rings (SSSR count). The fourth-order valence-corrected chi connectivity index (χ4v) is 10.8. The molecule has 2 aromatic carbocycles. The van der Waals surface area contributed by atoms with E-state index in [9.17, 15) is 23.6 Å². The Morgan fingerprint density at radius 1 is 0.914 bits per heavy atom. The summed E-state index contributed by atoms with van der Waals surface area (Å²) in [5.74, 6) is -2.14. The minimum Gasteiger partial charge on any atom is -0.386 e. The van der Waals surface area contributed by atoms with Crippen molar-refractivity contribution < 1.29 is 27.6 Å². The van der Waals surface area contributed by atoms with Gasteiger partial charge in [0.1, 0.15) is 23.3 Å². The van der Waals surface area contributed by atoms with Gasteiger partial charge in [-0.05, 0) is 118 Å². The van der Waals surface area contributed by atoms with Crippen molar-refractivity contribution in [1.82, 2.24) is 43.9 Å². The van der Waals surface area contributed by atoms with Crippen LogP contribution >= 0.6 is 0 Å². The molecule has 18 heteroatoms. The van der Waals surface area contributed by atoms with E-state index < -0.39 is 23.6 Å². The summed E-state index contributed by atoms with van der Waals surface area (Å²) in [7, 11) is 3.49. The van der Waals surface area contributed by atoms with Crippen LogP contribution in [-0.2, 0) is 36.3 Å². The topological polar surface area (TPSA) is 155 Å². The second-order valence-electron chi connectivity index (χ2n) is 19.0. The van der Waals surface area contributed by atoms with Crippen molar-refractivity contribution in [2.75, 3.05) is 50.4 Å². The van der Waals surface area contributed by atoms with Crippen molar-refractivity contribution in [3.05, 3.63) is 140 Å². The van der Waals surface area contributed by atoms with Gasteiger partial charge < -0.3 is 20.1 Å². The molecule has 8 heterocycles. The molecular weight excluding hydrogens is 900 g/mol. The van der Waals surface area contributed by atoms with Crippen LogP contribution < -0.4 is 21.5 Å². The maximum absolute atomic E-state index is 16.2. The number of halogens is 3. The van der Waals surface area contributed by atoms with Gasteiger partial charge in [0, 0.05) is 92.9 Å². The molecule has 3 amide bonds. The first kappa shape index (κ1) is 46.7. The van der Waals surface area contributed by atoms with Crippen LogP contribution in [0.1, 0.15) is 95.1 Å². The molecule has 15 nitrogen and oxygen atoms in total. The standard InChI is InChI=1S/C52H56F3N11O4/c1-30-21-34(22-41(54)49(30)33-12-17-63(18-13-33)31(2)46-25-39-45(9-14-57-50(39)61(46)4)65-29-42(55)44(56-3)26-48(65)68)52(70)64-19-20-66-37(28-64)23-36(60-66)27-62-15-10-32(11-16-62)38-6-5-35(24-40(38)53)58-43-7-8-47(67)59-51(43)69/h5-6,9,12,14,21-26,29,31-32,43,56,58H,7-8,10-11,13,15-20,27-28H2,1-4H3,(H,59,67,69)/t31-,43?/m0/s1. The van der Waals surface area contributed by atoms with Gasteiger partial charge in [0.05, 0.1) is 42.0 Å². The largest absolute Gasteiger partial charge is 0.386 e. The van der Waals surface area contributed by atoms with Gasteiger partial charge in [0.15, 0.2) is 5.82 Å². The number of rotatable bonds is 11. The molecule has 2 atom stereocenters. The van der Waals surface area contributed by atoms with E-state index in [0.717, 1.165) is 54.0 Å². The van der Waals surface area contributed by atoms with E-state index in [-0.39, 0.29) is 47.3 Å². The van der Waals surface area contributed by atoms with Crippen molar-refractivity contribution in [1.29, 1.82) is 0 Å². The van der Waals surface area contributed by atoms with E-state index >= 15 is 8.78 Å². The number of nitrogens with zero attached hydrogens (tertiary/aromatic N) is 8. The molecule has 0 spiro atoms. The van der Waals surface area contributed by atoms with E-state index in [2.05, 4.69) is 43.7 Å². The number of likely N-dealkylation sites (tertiary alicyclic amines) is 1. The Morgan fingerprint density at radius 3 is 2.46 bits per heavy atom. The average Bonchev–Trinajstić information content (AvgIpc) is 3.92. The molecule has 0 saturated carbocycles. The number of hydrogen-bond donors (Lipinski definition) is 3. The first-order chi connectivity index (χ1) is 33.7. The second kappa shape index (κ2) is 19.0. The third-order valence-corrected chi connectivity index (χ3v) is 14.7. The third-order valence-electron chi connectivity index (χ3n) is 14.7. The monoisotopic (exact) mass is 955 g/mol. The first-order valence-corrected chi connectivity index (χ1v) is 24.0. The molecule has 4 aliphatic heterocycles. The normalized spacial score (nSPS) is 18.7. The van der Waals surface area contributed by atoms with E-state index in [1.54, 1.807) is 42.4 Å². The predicted molar refractivity (Wildman–Crippen MR) is 260 cm³/mol. The number of anilines is 2. The van der Waals surface area contributed by atoms with Crippen LogP contribution in [0, 0.1) is 24.4 Å². The summed E-state index contributed by atoms with van der Waals surface area (Å²) in [6.07, 6.45) is 7.64. The lowest BCUT2D eigenvalue weighted by molar-refractivity contribution is -0.133. The molecule has 2 saturated heterocycles. The van der Waals surface area contributed by atoms with Gasteiger partial charge in [0.25, 0.3) is 11.5 Å². The van der Waals surface area contributed by atoms with Gasteiger partial charge in [0.2, 0.25) is 11.8 Å². The Labute approximate surface area is 402 Å². The number of carbonyl (C=O) groups excluding carboxylic acids is 3. The zero-order chi connectivity index (χ0) is 49.0. The van der Waals surface area contributed by atoms with Crippen LogP contribution in [0.15, 0.2) is 77.9 Å². The molecule has 4 aromatic heterocycles. The van der Waals surface area contributed by atoms with Crippen molar-refractivity contribution in [3.63, 3.8) is 0 Å². The summed E-state index contributed by atoms with van der Waals surface area (Å²) >= 11 is 0. The Morgan fingerprint density at radius 2 is 1.73 bits per heavy atom. The Kier molecular flexibility index (Phi) is 12.7. The molecule has 1 unspecified atom stereocenters. The average molecular weight is 956 g/mol. The lowest BCUT2D eigenvalue weighted by Gasteiger charge is -2.32. The SMILES string of the molecule is CNc1cc(=O)n(-c2ccnc3c2cc([C@H](C)N2CC=C(c4c(C)cc(C(=O)N5CCn6nc(CN7CCC(c8ccc(NC9CCC(=O)NC9=O)cc8F)CC7)cc6C5)cc4F)CC2)n3C)cc1F. The highest BCUT2D eigenvalue weighted by atomic mass is 19.1. The maximum atomic E-state index is 16.2. The highest BCUT2D eigenvalue weighted by Gasteiger charge is 2.31. The number of carbonyl (C=O) groups is 3. The summed E-state index contributed by atoms with van der Waals surface area (Å²) < 4.78 is 51.5. The molecule has 0 aliphatic carbocycles. The zero-order valence-electron chi connectivity index (χ0n) is 39.7. The van der Waals surface area contributed by atoms with E-state index in [1.165, 1.54) is 29.0 Å². The molecule has 364 valence electrons. The van der Waals surface area contributed by atoms with Gasteiger partial charge in [-0.15, -0.1) is 0 Å². The Balaban J connectivity index is 0.744. The van der Waals surface area contributed by atoms with E-state index in [4.69, 9.17) is 5.10 Å². The summed E-state index contributed by atoms with van der Waals surface area (Å²) in [5, 5.41) is 13.7. The fraction of sp³-hybridized carbons (Fsp3) is 0.385. The van der Waals surface area contributed by atoms with Gasteiger partial charge in [-0.25, -0.2) is 18.2 Å². The van der Waals surface area contributed by atoms with Crippen molar-refractivity contribution in [2.45, 2.75) is 83.6 Å². The zero-order valence-corrected chi connectivity index (χ0v) is 39.7. The minimum atomic E-state index is -0.577. The number of hydrogen-bond acceptors (Lipinski definition) is 10. The fourth-order valence-electron chi connectivity index (χ4n) is 10.8. The van der Waals surface area contributed by atoms with Crippen LogP contribution in [0.25, 0.3) is 22.3 Å². The lowest BCUT2D eigenvalue weighted by Crippen LogP contribution is -2.47. The lowest BCUT2D eigenvalue weighted by atomic mass is 9.89. The van der Waals surface area contributed by atoms with Crippen LogP contribution in [0.3, 0.4) is 0 Å². The minimum absolute atomic E-state index is 0.0616. The van der Waals surface area contributed by atoms with Gasteiger partial charge >= 0.3 is 0 Å². The predicted octanol–water partition coefficient (Wildman–Crippen LogP) is 6.79. The number of pyridine rings is 2. The highest BCUT2D eigenvalue weighted by molar-refractivity contribution is 6.01. The van der Waals surface area contributed by atoms with Crippen molar-refractivity contribution in [3.8, 4) is 5.69 Å². The number of benzene rings is 2. The van der Waals surface area contributed by atoms with Crippen LogP contribution in [0.4, 0.5) is 24.5 Å². The number of fused-ring (bicyclic) bond motifs is 2. The quantitative estimate of drug-likeness (QED) is 0.118. The second-order valence-corrected chi connectivity index (χ2v) is 19.0. The number of imide groups is 1. The molecular formula is C52H56F3N11O4. The molecule has 6 aromatic rings. The molecule has 0 bridgehead atoms. The molecule has 4 aliphatic rings. The number of aryl methyl sites for hydroxylation is 2. The highest BCUT2D eigenvalue weighted by Crippen LogP contribution is 2.36. The van der Waals surface area contributed by atoms with Crippen molar-refractivity contribution in [2.24, 2.45) is 7.05 Å². The van der Waals surface area contributed by atoms with Crippen molar-refractivity contribution >= 4 is 45.7 Å². The van der Waals surface area contributed by atoms with Gasteiger partial charge in [-0.1, -0.05) is 12.1 Å². The maximum Gasteiger partial charge on any atom is 0.257 e. The summed E-state index contributed by atoms with van der Waals surface area (Å²) in [4.78, 5) is 61.6. The molecule has 0 radical (unpaired) electrons.